The summed E-state index contributed by atoms with van der Waals surface area (Å²) in [6.45, 7) is 3.22. The zero-order valence-corrected chi connectivity index (χ0v) is 20.3. The molecule has 0 atom stereocenters. The van der Waals surface area contributed by atoms with Gasteiger partial charge < -0.3 is 9.59 Å². The van der Waals surface area contributed by atoms with Crippen LogP contribution in [0.4, 0.5) is 0 Å². The number of unbranched alkanes of at least 4 members (excludes halogenated alkanes) is 12. The summed E-state index contributed by atoms with van der Waals surface area (Å²) in [5.74, 6) is -0.392. The Morgan fingerprint density at radius 2 is 1.17 bits per heavy atom. The number of hydrogen-bond acceptors (Lipinski definition) is 2. The van der Waals surface area contributed by atoms with Crippen molar-refractivity contribution in [2.24, 2.45) is 0 Å². The summed E-state index contributed by atoms with van der Waals surface area (Å²) < 4.78 is 0.484. The third kappa shape index (κ3) is 21.5. The Bertz CT molecular complexity index is 457. The Labute approximate surface area is 186 Å². The molecule has 0 amide bonds. The van der Waals surface area contributed by atoms with Crippen molar-refractivity contribution in [3.8, 4) is 0 Å². The van der Waals surface area contributed by atoms with E-state index in [1.54, 1.807) is 0 Å². The highest BCUT2D eigenvalue weighted by atomic mass is 16.4. The predicted octanol–water partition coefficient (Wildman–Crippen LogP) is 6.92. The summed E-state index contributed by atoms with van der Waals surface area (Å²) in [6, 6.07) is 0. The maximum absolute atomic E-state index is 12.0. The normalized spacial score (nSPS) is 12.0. The van der Waals surface area contributed by atoms with Crippen molar-refractivity contribution in [2.75, 3.05) is 27.2 Å². The fourth-order valence-corrected chi connectivity index (χ4v) is 3.83. The van der Waals surface area contributed by atoms with Crippen LogP contribution in [-0.2, 0) is 9.59 Å². The molecular formula is C26H50NO3+. The lowest BCUT2D eigenvalue weighted by Gasteiger charge is -2.27. The molecule has 0 heterocycles. The molecule has 0 saturated heterocycles. The highest BCUT2D eigenvalue weighted by Crippen LogP contribution is 2.11. The molecule has 0 radical (unpaired) electrons. The summed E-state index contributed by atoms with van der Waals surface area (Å²) >= 11 is 0. The van der Waals surface area contributed by atoms with Crippen LogP contribution in [0.3, 0.4) is 0 Å². The molecule has 0 aliphatic carbocycles. The van der Waals surface area contributed by atoms with Crippen LogP contribution < -0.4 is 0 Å². The number of hydrogen-bond donors (Lipinski definition) is 1. The number of carbonyl (C=O) groups excluding carboxylic acids is 1. The molecule has 0 fully saturated rings. The van der Waals surface area contributed by atoms with E-state index in [1.807, 2.05) is 14.1 Å². The second-order valence-electron chi connectivity index (χ2n) is 9.54. The lowest BCUT2D eigenvalue weighted by atomic mass is 10.0. The third-order valence-corrected chi connectivity index (χ3v) is 5.75. The average molecular weight is 425 g/mol. The van der Waals surface area contributed by atoms with Gasteiger partial charge in [0.15, 0.2) is 6.54 Å². The standard InChI is InChI=1S/C26H49NO3/c1-4-5-6-7-8-9-10-11-12-13-14-15-16-17-18-21-25(28)22-19-20-23-27(2,3)24-26(29)30/h11-12H,4-10,13-24H2,1-3H3/p+1/b12-11+. The van der Waals surface area contributed by atoms with E-state index in [4.69, 9.17) is 5.11 Å². The topological polar surface area (TPSA) is 54.4 Å². The minimum atomic E-state index is -0.764. The molecule has 0 aliphatic heterocycles. The van der Waals surface area contributed by atoms with Gasteiger partial charge in [-0.3, -0.25) is 4.79 Å². The van der Waals surface area contributed by atoms with Crippen LogP contribution in [0, 0.1) is 0 Å². The van der Waals surface area contributed by atoms with Gasteiger partial charge >= 0.3 is 5.97 Å². The Morgan fingerprint density at radius 1 is 0.700 bits per heavy atom. The number of quaternary nitrogens is 1. The molecule has 0 saturated carbocycles. The van der Waals surface area contributed by atoms with Crippen LogP contribution in [-0.4, -0.2) is 48.5 Å². The Morgan fingerprint density at radius 3 is 1.70 bits per heavy atom. The molecule has 30 heavy (non-hydrogen) atoms. The van der Waals surface area contributed by atoms with Gasteiger partial charge in [-0.05, 0) is 44.9 Å². The van der Waals surface area contributed by atoms with Gasteiger partial charge in [-0.25, -0.2) is 4.79 Å². The fraction of sp³-hybridized carbons (Fsp3) is 0.846. The molecule has 0 rings (SSSR count). The van der Waals surface area contributed by atoms with Crippen LogP contribution in [0.2, 0.25) is 0 Å². The van der Waals surface area contributed by atoms with Crippen molar-refractivity contribution in [1.29, 1.82) is 0 Å². The molecule has 4 heteroatoms. The molecule has 0 spiro atoms. The van der Waals surface area contributed by atoms with Gasteiger partial charge in [0.05, 0.1) is 20.6 Å². The Hall–Kier alpha value is -1.16. The third-order valence-electron chi connectivity index (χ3n) is 5.75. The quantitative estimate of drug-likeness (QED) is 0.116. The van der Waals surface area contributed by atoms with Gasteiger partial charge in [0.1, 0.15) is 5.78 Å². The smallest absolute Gasteiger partial charge is 0.359 e. The first-order valence-electron chi connectivity index (χ1n) is 12.6. The molecule has 176 valence electrons. The predicted molar refractivity (Wildman–Crippen MR) is 128 cm³/mol. The van der Waals surface area contributed by atoms with Gasteiger partial charge in [0, 0.05) is 12.8 Å². The Kier molecular flexibility index (Phi) is 19.0. The van der Waals surface area contributed by atoms with Crippen molar-refractivity contribution in [1.82, 2.24) is 0 Å². The zero-order chi connectivity index (χ0) is 22.5. The van der Waals surface area contributed by atoms with Crippen molar-refractivity contribution >= 4 is 11.8 Å². The largest absolute Gasteiger partial charge is 0.477 e. The number of carboxylic acid groups (broad SMARTS) is 1. The van der Waals surface area contributed by atoms with Crippen molar-refractivity contribution in [3.63, 3.8) is 0 Å². The van der Waals surface area contributed by atoms with Gasteiger partial charge in [-0.2, -0.15) is 0 Å². The van der Waals surface area contributed by atoms with E-state index in [1.165, 1.54) is 70.6 Å². The van der Waals surface area contributed by atoms with E-state index < -0.39 is 5.97 Å². The summed E-state index contributed by atoms with van der Waals surface area (Å²) in [5, 5.41) is 8.88. The van der Waals surface area contributed by atoms with E-state index in [9.17, 15) is 9.59 Å². The molecule has 0 unspecified atom stereocenters. The number of allylic oxidation sites excluding steroid dienone is 2. The molecule has 0 aromatic rings. The number of likely N-dealkylation sites (N-methyl/N-ethyl adjacent to an activating group) is 1. The number of Topliss-reactive ketones (excluding diaryl/α,β-unsaturated/α-hetero) is 1. The SMILES string of the molecule is CCCCCCCC/C=C/CCCCCCCC(=O)CCCC[N+](C)(C)CC(=O)O. The van der Waals surface area contributed by atoms with Crippen LogP contribution in [0.5, 0.6) is 0 Å². The summed E-state index contributed by atoms with van der Waals surface area (Å²) in [5.41, 5.74) is 0. The van der Waals surface area contributed by atoms with Crippen LogP contribution >= 0.6 is 0 Å². The number of nitrogens with zero attached hydrogens (tertiary/aromatic N) is 1. The first-order valence-corrected chi connectivity index (χ1v) is 12.6. The monoisotopic (exact) mass is 424 g/mol. The van der Waals surface area contributed by atoms with E-state index in [-0.39, 0.29) is 6.54 Å². The van der Waals surface area contributed by atoms with E-state index in [0.717, 1.165) is 32.2 Å². The van der Waals surface area contributed by atoms with E-state index >= 15 is 0 Å². The molecule has 0 aromatic heterocycles. The highest BCUT2D eigenvalue weighted by Gasteiger charge is 2.18. The minimum absolute atomic E-state index is 0.142. The molecule has 4 nitrogen and oxygen atoms in total. The maximum atomic E-state index is 12.0. The first-order chi connectivity index (χ1) is 14.4. The van der Waals surface area contributed by atoms with Crippen molar-refractivity contribution in [2.45, 2.75) is 116 Å². The van der Waals surface area contributed by atoms with Crippen LogP contribution in [0.1, 0.15) is 116 Å². The first kappa shape index (κ1) is 28.8. The molecule has 1 N–H and O–H groups in total. The maximum Gasteiger partial charge on any atom is 0.359 e. The summed E-state index contributed by atoms with van der Waals surface area (Å²) in [6.07, 6.45) is 24.5. The van der Waals surface area contributed by atoms with Gasteiger partial charge in [-0.15, -0.1) is 0 Å². The van der Waals surface area contributed by atoms with Crippen LogP contribution in [0.25, 0.3) is 0 Å². The highest BCUT2D eigenvalue weighted by molar-refractivity contribution is 5.78. The van der Waals surface area contributed by atoms with Gasteiger partial charge in [-0.1, -0.05) is 70.4 Å². The number of ketones is 1. The summed E-state index contributed by atoms with van der Waals surface area (Å²) in [7, 11) is 3.86. The molecular weight excluding hydrogens is 374 g/mol. The van der Waals surface area contributed by atoms with Gasteiger partial charge in [0.2, 0.25) is 0 Å². The number of aliphatic carboxylic acids is 1. The minimum Gasteiger partial charge on any atom is -0.477 e. The summed E-state index contributed by atoms with van der Waals surface area (Å²) in [4.78, 5) is 22.8. The number of rotatable bonds is 22. The second-order valence-corrected chi connectivity index (χ2v) is 9.54. The van der Waals surface area contributed by atoms with Crippen LogP contribution in [0.15, 0.2) is 12.2 Å². The molecule has 0 aromatic carbocycles. The Balaban J connectivity index is 3.39. The zero-order valence-electron chi connectivity index (χ0n) is 20.3. The van der Waals surface area contributed by atoms with Crippen molar-refractivity contribution < 1.29 is 19.2 Å². The number of carboxylic acids is 1. The lowest BCUT2D eigenvalue weighted by Crippen LogP contribution is -2.44. The van der Waals surface area contributed by atoms with E-state index in [0.29, 0.717) is 23.1 Å². The van der Waals surface area contributed by atoms with E-state index in [2.05, 4.69) is 19.1 Å². The molecule has 0 bridgehead atoms. The van der Waals surface area contributed by atoms with Crippen molar-refractivity contribution in [3.05, 3.63) is 12.2 Å². The molecule has 0 aliphatic rings. The number of carbonyl (C=O) groups is 2. The fourth-order valence-electron chi connectivity index (χ4n) is 3.83. The second kappa shape index (κ2) is 19.8. The average Bonchev–Trinajstić information content (AvgIpc) is 2.67. The lowest BCUT2D eigenvalue weighted by molar-refractivity contribution is -0.883. The van der Waals surface area contributed by atoms with Gasteiger partial charge in [0.25, 0.3) is 0 Å².